The van der Waals surface area contributed by atoms with Crippen molar-refractivity contribution in [3.8, 4) is 5.75 Å². The van der Waals surface area contributed by atoms with Crippen molar-refractivity contribution in [2.45, 2.75) is 0 Å². The van der Waals surface area contributed by atoms with Crippen LogP contribution in [0.15, 0.2) is 83.5 Å². The van der Waals surface area contributed by atoms with Crippen molar-refractivity contribution >= 4 is 34.0 Å². The molecule has 144 valence electrons. The van der Waals surface area contributed by atoms with Crippen LogP contribution < -0.4 is 15.4 Å². The van der Waals surface area contributed by atoms with Gasteiger partial charge in [-0.15, -0.1) is 0 Å². The van der Waals surface area contributed by atoms with Crippen LogP contribution in [0.25, 0.3) is 10.8 Å². The van der Waals surface area contributed by atoms with E-state index in [2.05, 4.69) is 10.6 Å². The van der Waals surface area contributed by atoms with Gasteiger partial charge in [0, 0.05) is 11.3 Å². The van der Waals surface area contributed by atoms with Crippen LogP contribution >= 0.6 is 0 Å². The molecule has 1 heterocycles. The average molecular weight is 386 g/mol. The molecular weight excluding hydrogens is 368 g/mol. The van der Waals surface area contributed by atoms with E-state index in [1.165, 1.54) is 13.4 Å². The number of carbonyl (C=O) groups is 2. The molecule has 0 fully saturated rings. The second-order valence-corrected chi connectivity index (χ2v) is 6.33. The Morgan fingerprint density at radius 1 is 0.862 bits per heavy atom. The predicted octanol–water partition coefficient (Wildman–Crippen LogP) is 4.95. The van der Waals surface area contributed by atoms with E-state index < -0.39 is 0 Å². The Hall–Kier alpha value is -4.06. The Kier molecular flexibility index (Phi) is 4.99. The Balaban J connectivity index is 1.61. The normalized spacial score (nSPS) is 10.5. The summed E-state index contributed by atoms with van der Waals surface area (Å²) in [5, 5.41) is 7.45. The Morgan fingerprint density at radius 3 is 2.48 bits per heavy atom. The number of nitrogens with one attached hydrogen (secondary N) is 2. The molecule has 0 unspecified atom stereocenters. The lowest BCUT2D eigenvalue weighted by Gasteiger charge is -2.13. The fourth-order valence-electron chi connectivity index (χ4n) is 3.10. The van der Waals surface area contributed by atoms with E-state index in [4.69, 9.17) is 9.15 Å². The van der Waals surface area contributed by atoms with Gasteiger partial charge < -0.3 is 19.8 Å². The van der Waals surface area contributed by atoms with E-state index in [9.17, 15) is 9.59 Å². The van der Waals surface area contributed by atoms with Crippen LogP contribution in [-0.2, 0) is 0 Å². The predicted molar refractivity (Wildman–Crippen MR) is 112 cm³/mol. The van der Waals surface area contributed by atoms with Crippen molar-refractivity contribution in [2.75, 3.05) is 17.7 Å². The third kappa shape index (κ3) is 3.82. The number of furan rings is 1. The molecule has 29 heavy (non-hydrogen) atoms. The van der Waals surface area contributed by atoms with Crippen LogP contribution in [0.3, 0.4) is 0 Å². The lowest BCUT2D eigenvalue weighted by molar-refractivity contribution is 0.0995. The summed E-state index contributed by atoms with van der Waals surface area (Å²) in [6.45, 7) is 0. The molecule has 6 nitrogen and oxygen atoms in total. The summed E-state index contributed by atoms with van der Waals surface area (Å²) >= 11 is 0. The van der Waals surface area contributed by atoms with E-state index in [-0.39, 0.29) is 17.6 Å². The minimum absolute atomic E-state index is 0.196. The summed E-state index contributed by atoms with van der Waals surface area (Å²) in [5.41, 5.74) is 1.50. The molecular formula is C23H18N2O4. The van der Waals surface area contributed by atoms with Gasteiger partial charge in [0.1, 0.15) is 5.75 Å². The van der Waals surface area contributed by atoms with Crippen LogP contribution in [-0.4, -0.2) is 18.9 Å². The Labute approximate surface area is 167 Å². The van der Waals surface area contributed by atoms with Crippen LogP contribution in [0.2, 0.25) is 0 Å². The molecule has 0 aliphatic heterocycles. The van der Waals surface area contributed by atoms with Gasteiger partial charge in [-0.05, 0) is 47.2 Å². The van der Waals surface area contributed by atoms with Crippen LogP contribution in [0.1, 0.15) is 20.9 Å². The van der Waals surface area contributed by atoms with Gasteiger partial charge >= 0.3 is 0 Å². The molecule has 1 aromatic heterocycles. The first-order valence-electron chi connectivity index (χ1n) is 8.98. The SMILES string of the molecule is COc1ccc(NC(=O)c2ccco2)cc1NC(=O)c1cccc2ccccc12. The molecule has 0 saturated heterocycles. The van der Waals surface area contributed by atoms with Crippen molar-refractivity contribution in [1.82, 2.24) is 0 Å². The van der Waals surface area contributed by atoms with Crippen molar-refractivity contribution in [3.63, 3.8) is 0 Å². The minimum atomic E-state index is -0.383. The van der Waals surface area contributed by atoms with E-state index in [0.717, 1.165) is 10.8 Å². The number of ether oxygens (including phenoxy) is 1. The maximum Gasteiger partial charge on any atom is 0.291 e. The molecule has 0 atom stereocenters. The molecule has 6 heteroatoms. The van der Waals surface area contributed by atoms with Crippen molar-refractivity contribution in [1.29, 1.82) is 0 Å². The second-order valence-electron chi connectivity index (χ2n) is 6.33. The van der Waals surface area contributed by atoms with E-state index >= 15 is 0 Å². The fourth-order valence-corrected chi connectivity index (χ4v) is 3.10. The number of amides is 2. The van der Waals surface area contributed by atoms with Crippen molar-refractivity contribution in [2.24, 2.45) is 0 Å². The number of fused-ring (bicyclic) bond motifs is 1. The number of hydrogen-bond donors (Lipinski definition) is 2. The standard InChI is InChI=1S/C23H18N2O4/c1-28-20-12-11-16(24-23(27)21-10-5-13-29-21)14-19(20)25-22(26)18-9-4-7-15-6-2-3-8-17(15)18/h2-14H,1H3,(H,24,27)(H,25,26). The molecule has 0 spiro atoms. The lowest BCUT2D eigenvalue weighted by atomic mass is 10.0. The summed E-state index contributed by atoms with van der Waals surface area (Å²) < 4.78 is 10.5. The molecule has 4 aromatic rings. The Morgan fingerprint density at radius 2 is 1.69 bits per heavy atom. The number of carbonyl (C=O) groups excluding carboxylic acids is 2. The van der Waals surface area contributed by atoms with Gasteiger partial charge in [0.2, 0.25) is 0 Å². The molecule has 4 rings (SSSR count). The van der Waals surface area contributed by atoms with Crippen molar-refractivity contribution in [3.05, 3.63) is 90.4 Å². The molecule has 0 bridgehead atoms. The van der Waals surface area contributed by atoms with Crippen LogP contribution in [0.5, 0.6) is 5.75 Å². The number of methoxy groups -OCH3 is 1. The molecule has 0 radical (unpaired) electrons. The number of hydrogen-bond acceptors (Lipinski definition) is 4. The molecule has 0 saturated carbocycles. The first-order chi connectivity index (χ1) is 14.2. The summed E-state index contributed by atoms with van der Waals surface area (Å²) in [4.78, 5) is 25.2. The fraction of sp³-hybridized carbons (Fsp3) is 0.0435. The van der Waals surface area contributed by atoms with Crippen LogP contribution in [0.4, 0.5) is 11.4 Å². The second kappa shape index (κ2) is 7.90. The van der Waals surface area contributed by atoms with Crippen molar-refractivity contribution < 1.29 is 18.7 Å². The van der Waals surface area contributed by atoms with Gasteiger partial charge in [0.25, 0.3) is 11.8 Å². The summed E-state index contributed by atoms with van der Waals surface area (Å²) in [5.74, 6) is 0.0258. The zero-order valence-corrected chi connectivity index (χ0v) is 15.6. The number of anilines is 2. The van der Waals surface area contributed by atoms with Gasteiger partial charge in [-0.2, -0.15) is 0 Å². The van der Waals surface area contributed by atoms with Gasteiger partial charge in [0.15, 0.2) is 5.76 Å². The average Bonchev–Trinajstić information content (AvgIpc) is 3.29. The quantitative estimate of drug-likeness (QED) is 0.509. The van der Waals surface area contributed by atoms with Crippen LogP contribution in [0, 0.1) is 0 Å². The monoisotopic (exact) mass is 386 g/mol. The zero-order valence-electron chi connectivity index (χ0n) is 15.6. The minimum Gasteiger partial charge on any atom is -0.495 e. The van der Waals surface area contributed by atoms with Gasteiger partial charge in [-0.25, -0.2) is 0 Å². The van der Waals surface area contributed by atoms with E-state index in [1.54, 1.807) is 36.4 Å². The largest absolute Gasteiger partial charge is 0.495 e. The van der Waals surface area contributed by atoms with Gasteiger partial charge in [-0.1, -0.05) is 36.4 Å². The topological polar surface area (TPSA) is 80.6 Å². The number of benzene rings is 3. The molecule has 0 aliphatic rings. The summed E-state index contributed by atoms with van der Waals surface area (Å²) in [6, 6.07) is 21.5. The molecule has 3 aromatic carbocycles. The highest BCUT2D eigenvalue weighted by Crippen LogP contribution is 2.29. The first-order valence-corrected chi connectivity index (χ1v) is 8.98. The Bertz CT molecular complexity index is 1180. The number of rotatable bonds is 5. The third-order valence-electron chi connectivity index (χ3n) is 4.48. The summed E-state index contributed by atoms with van der Waals surface area (Å²) in [7, 11) is 1.52. The lowest BCUT2D eigenvalue weighted by Crippen LogP contribution is -2.14. The highest BCUT2D eigenvalue weighted by Gasteiger charge is 2.15. The van der Waals surface area contributed by atoms with Gasteiger partial charge in [0.05, 0.1) is 19.1 Å². The smallest absolute Gasteiger partial charge is 0.291 e. The van der Waals surface area contributed by atoms with E-state index in [0.29, 0.717) is 22.7 Å². The first kappa shape index (κ1) is 18.3. The third-order valence-corrected chi connectivity index (χ3v) is 4.48. The summed E-state index contributed by atoms with van der Waals surface area (Å²) in [6.07, 6.45) is 1.43. The van der Waals surface area contributed by atoms with Gasteiger partial charge in [-0.3, -0.25) is 9.59 Å². The molecule has 2 N–H and O–H groups in total. The maximum absolute atomic E-state index is 12.9. The van der Waals surface area contributed by atoms with E-state index in [1.807, 2.05) is 36.4 Å². The maximum atomic E-state index is 12.9. The highest BCUT2D eigenvalue weighted by molar-refractivity contribution is 6.13. The highest BCUT2D eigenvalue weighted by atomic mass is 16.5. The zero-order chi connectivity index (χ0) is 20.2. The molecule has 2 amide bonds. The molecule has 0 aliphatic carbocycles.